The van der Waals surface area contributed by atoms with E-state index in [1.54, 1.807) is 32.0 Å². The van der Waals surface area contributed by atoms with Crippen LogP contribution in [0.1, 0.15) is 99.1 Å². The maximum Gasteiger partial charge on any atom is 0.410 e. The van der Waals surface area contributed by atoms with Gasteiger partial charge in [-0.05, 0) is 29.5 Å². The molecule has 0 aromatic heterocycles. The SMILES string of the molecule is CCC.CCC(C)C(C(CC(=O)O)OC)N(C)C(=O)CNC(=O)C(C(C)C)N(C)C(=O)OCc1ccc(OC2CC(OC(C)=O)C(OC(C)=O)C(COC(C)=O)O2)c(CN)c1. The third-order valence-electron chi connectivity index (χ3n) is 9.67. The van der Waals surface area contributed by atoms with Gasteiger partial charge in [0, 0.05) is 54.1 Å². The molecule has 1 heterocycles. The largest absolute Gasteiger partial charge is 0.481 e. The Hall–Kier alpha value is -5.01. The van der Waals surface area contributed by atoms with Crippen molar-refractivity contribution in [3.8, 4) is 5.75 Å². The van der Waals surface area contributed by atoms with E-state index in [2.05, 4.69) is 19.2 Å². The van der Waals surface area contributed by atoms with Gasteiger partial charge < -0.3 is 54.2 Å². The summed E-state index contributed by atoms with van der Waals surface area (Å²) in [5, 5.41) is 12.0. The van der Waals surface area contributed by atoms with E-state index >= 15 is 0 Å². The molecule has 4 N–H and O–H groups in total. The van der Waals surface area contributed by atoms with Crippen molar-refractivity contribution in [1.82, 2.24) is 15.1 Å². The van der Waals surface area contributed by atoms with Crippen molar-refractivity contribution in [3.63, 3.8) is 0 Å². The monoisotopic (exact) mass is 868 g/mol. The fourth-order valence-electron chi connectivity index (χ4n) is 6.71. The molecule has 1 aliphatic heterocycles. The Kier molecular flexibility index (Phi) is 23.9. The Morgan fingerprint density at radius 3 is 2.07 bits per heavy atom. The number of carbonyl (C=O) groups is 7. The lowest BCUT2D eigenvalue weighted by Gasteiger charge is -2.40. The van der Waals surface area contributed by atoms with E-state index in [9.17, 15) is 38.7 Å². The number of ether oxygens (including phenoxy) is 7. The Balaban J connectivity index is 0.00000601. The zero-order valence-electron chi connectivity index (χ0n) is 37.7. The molecule has 1 fully saturated rings. The summed E-state index contributed by atoms with van der Waals surface area (Å²) in [4.78, 5) is 89.2. The van der Waals surface area contributed by atoms with Crippen LogP contribution >= 0.6 is 0 Å². The van der Waals surface area contributed by atoms with Crippen molar-refractivity contribution < 1.29 is 71.8 Å². The molecule has 19 nitrogen and oxygen atoms in total. The third kappa shape index (κ3) is 17.9. The lowest BCUT2D eigenvalue weighted by atomic mass is 9.91. The van der Waals surface area contributed by atoms with Crippen molar-refractivity contribution in [2.75, 3.05) is 34.4 Å². The first-order chi connectivity index (χ1) is 28.6. The van der Waals surface area contributed by atoms with Crippen LogP contribution in [0.2, 0.25) is 0 Å². The predicted molar refractivity (Wildman–Crippen MR) is 221 cm³/mol. The molecule has 19 heteroatoms. The first-order valence-corrected chi connectivity index (χ1v) is 20.4. The second-order valence-electron chi connectivity index (χ2n) is 15.2. The van der Waals surface area contributed by atoms with Crippen LogP contribution in [0.5, 0.6) is 5.75 Å². The third-order valence-corrected chi connectivity index (χ3v) is 9.67. The van der Waals surface area contributed by atoms with Crippen LogP contribution in [0, 0.1) is 11.8 Å². The van der Waals surface area contributed by atoms with Crippen molar-refractivity contribution in [1.29, 1.82) is 0 Å². The smallest absolute Gasteiger partial charge is 0.410 e. The minimum absolute atomic E-state index is 0.00262. The summed E-state index contributed by atoms with van der Waals surface area (Å²) in [6.45, 7) is 14.2. The number of likely N-dealkylation sites (N-methyl/N-ethyl adjacent to an activating group) is 2. The number of nitrogens with one attached hydrogen (secondary N) is 1. The second kappa shape index (κ2) is 27.0. The van der Waals surface area contributed by atoms with E-state index in [1.165, 1.54) is 53.3 Å². The van der Waals surface area contributed by atoms with Crippen molar-refractivity contribution >= 4 is 41.8 Å². The minimum atomic E-state index is -1.08. The van der Waals surface area contributed by atoms with Gasteiger partial charge in [0.25, 0.3) is 0 Å². The quantitative estimate of drug-likeness (QED) is 0.118. The first kappa shape index (κ1) is 54.0. The van der Waals surface area contributed by atoms with Gasteiger partial charge in [0.1, 0.15) is 37.2 Å². The average molecular weight is 869 g/mol. The number of amides is 3. The molecule has 1 saturated heterocycles. The molecule has 1 aromatic carbocycles. The van der Waals surface area contributed by atoms with Gasteiger partial charge in [-0.1, -0.05) is 60.5 Å². The average Bonchev–Trinajstić information content (AvgIpc) is 3.18. The molecule has 2 rings (SSSR count). The highest BCUT2D eigenvalue weighted by Crippen LogP contribution is 2.30. The molecule has 1 aromatic rings. The normalized spacial score (nSPS) is 19.0. The second-order valence-corrected chi connectivity index (χ2v) is 15.2. The summed E-state index contributed by atoms with van der Waals surface area (Å²) < 4.78 is 39.0. The number of rotatable bonds is 21. The van der Waals surface area contributed by atoms with Crippen molar-refractivity contribution in [2.24, 2.45) is 17.6 Å². The van der Waals surface area contributed by atoms with E-state index in [0.717, 1.165) is 4.90 Å². The van der Waals surface area contributed by atoms with E-state index in [4.69, 9.17) is 38.9 Å². The van der Waals surface area contributed by atoms with E-state index < -0.39 is 91.1 Å². The lowest BCUT2D eigenvalue weighted by molar-refractivity contribution is -0.245. The van der Waals surface area contributed by atoms with Gasteiger partial charge in [-0.2, -0.15) is 0 Å². The number of methoxy groups -OCH3 is 1. The molecule has 0 radical (unpaired) electrons. The van der Waals surface area contributed by atoms with Gasteiger partial charge in [-0.25, -0.2) is 4.79 Å². The highest BCUT2D eigenvalue weighted by Gasteiger charge is 2.45. The topological polar surface area (TPSA) is 249 Å². The molecule has 8 unspecified atom stereocenters. The summed E-state index contributed by atoms with van der Waals surface area (Å²) in [5.41, 5.74) is 7.07. The van der Waals surface area contributed by atoms with Crippen LogP contribution in [0.25, 0.3) is 0 Å². The lowest BCUT2D eigenvalue weighted by Crippen LogP contribution is -2.55. The number of benzene rings is 1. The Bertz CT molecular complexity index is 1610. The molecule has 346 valence electrons. The van der Waals surface area contributed by atoms with Gasteiger partial charge in [-0.3, -0.25) is 33.7 Å². The van der Waals surface area contributed by atoms with Crippen LogP contribution in [0.4, 0.5) is 4.79 Å². The Labute approximate surface area is 359 Å². The number of carboxylic acids is 1. The van der Waals surface area contributed by atoms with E-state index in [-0.39, 0.29) is 44.4 Å². The maximum atomic E-state index is 13.4. The van der Waals surface area contributed by atoms with Gasteiger partial charge >= 0.3 is 30.0 Å². The Morgan fingerprint density at radius 2 is 1.56 bits per heavy atom. The summed E-state index contributed by atoms with van der Waals surface area (Å²) >= 11 is 0. The number of carbonyl (C=O) groups excluding carboxylic acids is 6. The van der Waals surface area contributed by atoms with Crippen LogP contribution in [-0.4, -0.2) is 134 Å². The number of nitrogens with zero attached hydrogens (tertiary/aromatic N) is 2. The van der Waals surface area contributed by atoms with Gasteiger partial charge in [0.05, 0.1) is 31.5 Å². The molecule has 0 spiro atoms. The Morgan fingerprint density at radius 1 is 0.934 bits per heavy atom. The fraction of sp³-hybridized carbons (Fsp3) is 0.690. The number of carboxylic acid groups (broad SMARTS) is 1. The molecule has 1 aliphatic rings. The maximum absolute atomic E-state index is 13.4. The number of aliphatic carboxylic acids is 1. The molecule has 3 amide bonds. The van der Waals surface area contributed by atoms with Crippen molar-refractivity contribution in [2.45, 2.75) is 144 Å². The van der Waals surface area contributed by atoms with Crippen LogP contribution in [0.15, 0.2) is 18.2 Å². The zero-order valence-corrected chi connectivity index (χ0v) is 37.7. The summed E-state index contributed by atoms with van der Waals surface area (Å²) in [6.07, 6.45) is -4.18. The number of hydrogen-bond donors (Lipinski definition) is 3. The molecular weight excluding hydrogens is 800 g/mol. The predicted octanol–water partition coefficient (Wildman–Crippen LogP) is 3.55. The van der Waals surface area contributed by atoms with Crippen LogP contribution < -0.4 is 15.8 Å². The highest BCUT2D eigenvalue weighted by molar-refractivity contribution is 5.89. The van der Waals surface area contributed by atoms with Crippen molar-refractivity contribution in [3.05, 3.63) is 29.3 Å². The fourth-order valence-corrected chi connectivity index (χ4v) is 6.71. The molecule has 61 heavy (non-hydrogen) atoms. The van der Waals surface area contributed by atoms with Gasteiger partial charge in [0.15, 0.2) is 6.10 Å². The first-order valence-electron chi connectivity index (χ1n) is 20.4. The molecule has 0 saturated carbocycles. The molecule has 0 bridgehead atoms. The summed E-state index contributed by atoms with van der Waals surface area (Å²) in [6, 6.07) is 3.28. The number of nitrogens with two attached hydrogens (primary N) is 1. The minimum Gasteiger partial charge on any atom is -0.481 e. The van der Waals surface area contributed by atoms with Crippen LogP contribution in [0.3, 0.4) is 0 Å². The molecule has 0 aliphatic carbocycles. The summed E-state index contributed by atoms with van der Waals surface area (Å²) in [7, 11) is 4.33. The highest BCUT2D eigenvalue weighted by atomic mass is 16.7. The van der Waals surface area contributed by atoms with Gasteiger partial charge in [0.2, 0.25) is 18.1 Å². The van der Waals surface area contributed by atoms with Crippen LogP contribution in [-0.2, 0) is 70.3 Å². The number of hydrogen-bond acceptors (Lipinski definition) is 15. The summed E-state index contributed by atoms with van der Waals surface area (Å²) in [5.74, 6) is -4.21. The zero-order chi connectivity index (χ0) is 46.6. The van der Waals surface area contributed by atoms with Gasteiger partial charge in [-0.15, -0.1) is 0 Å². The standard InChI is InChI=1S/C39H60N4O15.C3H8/c1-11-22(4)36(29(52-10)15-33(48)49)42(8)32(47)18-41-38(50)35(21(2)3)43(9)39(51)54-19-26-12-13-28(27(14-26)17-40)57-34-16-30(55-24(6)45)37(56-25(7)46)31(58-34)20-53-23(5)44;1-3-2/h12-14,21-22,29-31,34-37H,11,15-20,40H2,1-10H3,(H,41,50)(H,48,49);3H2,1-2H3. The van der Waals surface area contributed by atoms with E-state index in [0.29, 0.717) is 23.3 Å². The molecular formula is C42H68N4O15. The van der Waals surface area contributed by atoms with E-state index in [1.807, 2.05) is 13.8 Å². The number of esters is 3. The molecule has 8 atom stereocenters.